The number of para-hydroxylation sites is 1. The highest BCUT2D eigenvalue weighted by molar-refractivity contribution is 6.31. The number of barbiturate groups is 1. The van der Waals surface area contributed by atoms with Crippen LogP contribution in [0.4, 0.5) is 10.5 Å². The summed E-state index contributed by atoms with van der Waals surface area (Å²) in [7, 11) is 0. The molecule has 2 N–H and O–H groups in total. The zero-order chi connectivity index (χ0) is 24.5. The van der Waals surface area contributed by atoms with E-state index in [0.29, 0.717) is 16.3 Å². The minimum absolute atomic E-state index is 0.0269. The number of nitrogens with zero attached hydrogens (tertiary/aromatic N) is 2. The Morgan fingerprint density at radius 3 is 2.51 bits per heavy atom. The van der Waals surface area contributed by atoms with Crippen molar-refractivity contribution >= 4 is 58.0 Å². The highest BCUT2D eigenvalue weighted by Gasteiger charge is 2.40. The number of amides is 5. The van der Waals surface area contributed by atoms with Crippen molar-refractivity contribution in [1.29, 1.82) is 0 Å². The van der Waals surface area contributed by atoms with Crippen LogP contribution in [-0.4, -0.2) is 39.3 Å². The van der Waals surface area contributed by atoms with Crippen molar-refractivity contribution in [3.05, 3.63) is 70.9 Å². The molecule has 1 saturated carbocycles. The number of fused-ring (bicyclic) bond motifs is 1. The largest absolute Gasteiger partial charge is 0.337 e. The lowest BCUT2D eigenvalue weighted by Crippen LogP contribution is -2.57. The number of aromatic nitrogens is 1. The van der Waals surface area contributed by atoms with Gasteiger partial charge in [0.2, 0.25) is 5.91 Å². The summed E-state index contributed by atoms with van der Waals surface area (Å²) in [6.45, 7) is 0.0269. The number of urea groups is 1. The average molecular weight is 491 g/mol. The van der Waals surface area contributed by atoms with E-state index in [1.807, 2.05) is 24.3 Å². The van der Waals surface area contributed by atoms with Gasteiger partial charge in [-0.3, -0.25) is 24.6 Å². The smallest absolute Gasteiger partial charge is 0.331 e. The van der Waals surface area contributed by atoms with E-state index >= 15 is 0 Å². The summed E-state index contributed by atoms with van der Waals surface area (Å²) in [6.07, 6.45) is 6.60. The fourth-order valence-electron chi connectivity index (χ4n) is 4.73. The van der Waals surface area contributed by atoms with E-state index < -0.39 is 17.8 Å². The molecule has 35 heavy (non-hydrogen) atoms. The maximum atomic E-state index is 13.2. The lowest BCUT2D eigenvalue weighted by atomic mass is 10.0. The van der Waals surface area contributed by atoms with E-state index in [9.17, 15) is 19.2 Å². The van der Waals surface area contributed by atoms with Crippen molar-refractivity contribution < 1.29 is 19.2 Å². The highest BCUT2D eigenvalue weighted by Crippen LogP contribution is 2.29. The van der Waals surface area contributed by atoms with Crippen LogP contribution in [0.25, 0.3) is 17.0 Å². The number of anilines is 1. The SMILES string of the molecule is O=C(Cn1cc(/C=C2\C(=O)NC(=O)N(C3CCCC3)C2=O)c2ccccc21)Nc1ccc(Cl)cc1. The second kappa shape index (κ2) is 9.38. The Kier molecular flexibility index (Phi) is 6.13. The first-order valence-electron chi connectivity index (χ1n) is 11.4. The van der Waals surface area contributed by atoms with Gasteiger partial charge >= 0.3 is 6.03 Å². The number of nitrogens with one attached hydrogen (secondary N) is 2. The van der Waals surface area contributed by atoms with Gasteiger partial charge in [0.1, 0.15) is 12.1 Å². The first-order chi connectivity index (χ1) is 16.9. The van der Waals surface area contributed by atoms with Crippen LogP contribution in [0, 0.1) is 0 Å². The topological polar surface area (TPSA) is 101 Å². The minimum Gasteiger partial charge on any atom is -0.337 e. The molecule has 1 aliphatic carbocycles. The molecule has 2 aromatic carbocycles. The fraction of sp³-hybridized carbons (Fsp3) is 0.231. The normalized spacial score (nSPS) is 17.9. The second-order valence-electron chi connectivity index (χ2n) is 8.72. The van der Waals surface area contributed by atoms with Gasteiger partial charge in [0.05, 0.1) is 0 Å². The van der Waals surface area contributed by atoms with E-state index in [1.165, 1.54) is 11.0 Å². The molecule has 1 aromatic heterocycles. The van der Waals surface area contributed by atoms with E-state index in [1.54, 1.807) is 35.0 Å². The van der Waals surface area contributed by atoms with Crippen molar-refractivity contribution in [2.24, 2.45) is 0 Å². The van der Waals surface area contributed by atoms with Gasteiger partial charge in [-0.1, -0.05) is 42.6 Å². The number of hydrogen-bond acceptors (Lipinski definition) is 4. The molecule has 5 rings (SSSR count). The molecule has 178 valence electrons. The molecule has 0 unspecified atom stereocenters. The zero-order valence-electron chi connectivity index (χ0n) is 18.8. The quantitative estimate of drug-likeness (QED) is 0.410. The summed E-state index contributed by atoms with van der Waals surface area (Å²) in [4.78, 5) is 52.1. The van der Waals surface area contributed by atoms with Crippen molar-refractivity contribution in [1.82, 2.24) is 14.8 Å². The zero-order valence-corrected chi connectivity index (χ0v) is 19.5. The van der Waals surface area contributed by atoms with Crippen molar-refractivity contribution in [2.75, 3.05) is 5.32 Å². The Morgan fingerprint density at radius 2 is 1.77 bits per heavy atom. The summed E-state index contributed by atoms with van der Waals surface area (Å²) < 4.78 is 1.76. The molecule has 2 heterocycles. The van der Waals surface area contributed by atoms with Gasteiger partial charge < -0.3 is 9.88 Å². The van der Waals surface area contributed by atoms with Crippen LogP contribution < -0.4 is 10.6 Å². The maximum absolute atomic E-state index is 13.2. The third-order valence-corrected chi connectivity index (χ3v) is 6.64. The van der Waals surface area contributed by atoms with Gasteiger partial charge in [-0.05, 0) is 49.2 Å². The highest BCUT2D eigenvalue weighted by atomic mass is 35.5. The molecule has 3 aromatic rings. The van der Waals surface area contributed by atoms with Crippen LogP contribution in [0.1, 0.15) is 31.2 Å². The van der Waals surface area contributed by atoms with Crippen molar-refractivity contribution in [3.63, 3.8) is 0 Å². The monoisotopic (exact) mass is 490 g/mol. The van der Waals surface area contributed by atoms with E-state index in [0.717, 1.165) is 36.6 Å². The first-order valence-corrected chi connectivity index (χ1v) is 11.8. The molecule has 5 amide bonds. The lowest BCUT2D eigenvalue weighted by Gasteiger charge is -2.31. The van der Waals surface area contributed by atoms with Crippen LogP contribution in [0.2, 0.25) is 5.02 Å². The Hall–Kier alpha value is -3.91. The maximum Gasteiger partial charge on any atom is 0.331 e. The fourth-order valence-corrected chi connectivity index (χ4v) is 4.86. The Bertz CT molecular complexity index is 1370. The predicted molar refractivity (Wildman–Crippen MR) is 133 cm³/mol. The van der Waals surface area contributed by atoms with Crippen LogP contribution >= 0.6 is 11.6 Å². The average Bonchev–Trinajstić information content (AvgIpc) is 3.47. The third-order valence-electron chi connectivity index (χ3n) is 6.38. The summed E-state index contributed by atoms with van der Waals surface area (Å²) >= 11 is 5.90. The number of carbonyl (C=O) groups is 4. The Morgan fingerprint density at radius 1 is 1.06 bits per heavy atom. The molecule has 0 radical (unpaired) electrons. The minimum atomic E-state index is -0.716. The Labute approximate surface area is 206 Å². The lowest BCUT2D eigenvalue weighted by molar-refractivity contribution is -0.131. The molecule has 0 atom stereocenters. The standard InChI is InChI=1S/C26H23ClN4O4/c27-17-9-11-18(12-10-17)28-23(32)15-30-14-16(20-7-3-4-8-22(20)30)13-21-24(33)29-26(35)31(25(21)34)19-5-1-2-6-19/h3-4,7-14,19H,1-2,5-6,15H2,(H,28,32)(H,29,33,35)/b21-13+. The number of benzene rings is 2. The molecule has 1 saturated heterocycles. The van der Waals surface area contributed by atoms with Gasteiger partial charge in [-0.2, -0.15) is 0 Å². The number of carbonyl (C=O) groups excluding carboxylic acids is 4. The molecular weight excluding hydrogens is 468 g/mol. The molecule has 0 bridgehead atoms. The number of rotatable bonds is 5. The number of halogens is 1. The van der Waals surface area contributed by atoms with Gasteiger partial charge in [0.25, 0.3) is 11.8 Å². The van der Waals surface area contributed by atoms with Crippen LogP contribution in [0.3, 0.4) is 0 Å². The molecule has 0 spiro atoms. The summed E-state index contributed by atoms with van der Waals surface area (Å²) in [5, 5.41) is 6.49. The molecular formula is C26H23ClN4O4. The van der Waals surface area contributed by atoms with E-state index in [2.05, 4.69) is 10.6 Å². The van der Waals surface area contributed by atoms with Gasteiger partial charge in [0, 0.05) is 39.4 Å². The number of imide groups is 2. The van der Waals surface area contributed by atoms with E-state index in [-0.39, 0.29) is 24.1 Å². The van der Waals surface area contributed by atoms with Gasteiger partial charge in [-0.25, -0.2) is 4.79 Å². The van der Waals surface area contributed by atoms with Crippen molar-refractivity contribution in [3.8, 4) is 0 Å². The van der Waals surface area contributed by atoms with Gasteiger partial charge in [0.15, 0.2) is 0 Å². The summed E-state index contributed by atoms with van der Waals surface area (Å²) in [6, 6.07) is 13.4. The molecule has 2 fully saturated rings. The predicted octanol–water partition coefficient (Wildman–Crippen LogP) is 4.34. The molecule has 2 aliphatic rings. The second-order valence-corrected chi connectivity index (χ2v) is 9.15. The number of hydrogen-bond donors (Lipinski definition) is 2. The van der Waals surface area contributed by atoms with Crippen LogP contribution in [-0.2, 0) is 20.9 Å². The summed E-state index contributed by atoms with van der Waals surface area (Å²) in [5.41, 5.74) is 1.92. The first kappa shape index (κ1) is 22.9. The van der Waals surface area contributed by atoms with Gasteiger partial charge in [-0.15, -0.1) is 0 Å². The van der Waals surface area contributed by atoms with Crippen LogP contribution in [0.5, 0.6) is 0 Å². The molecule has 8 nitrogen and oxygen atoms in total. The third kappa shape index (κ3) is 4.57. The molecule has 9 heteroatoms. The van der Waals surface area contributed by atoms with Crippen molar-refractivity contribution in [2.45, 2.75) is 38.3 Å². The Balaban J connectivity index is 1.45. The molecule has 1 aliphatic heterocycles. The summed E-state index contributed by atoms with van der Waals surface area (Å²) in [5.74, 6) is -1.54. The van der Waals surface area contributed by atoms with E-state index in [4.69, 9.17) is 11.6 Å². The van der Waals surface area contributed by atoms with Crippen LogP contribution in [0.15, 0.2) is 60.3 Å².